The summed E-state index contributed by atoms with van der Waals surface area (Å²) >= 11 is 0. The maximum atomic E-state index is 13.7. The molecule has 2 heterocycles. The lowest BCUT2D eigenvalue weighted by atomic mass is 10.1. The Kier molecular flexibility index (Phi) is 6.69. The zero-order valence-electron chi connectivity index (χ0n) is 18.8. The molecule has 0 saturated carbocycles. The second-order valence-electron chi connectivity index (χ2n) is 7.69. The van der Waals surface area contributed by atoms with Crippen molar-refractivity contribution in [1.29, 1.82) is 0 Å². The minimum absolute atomic E-state index is 0.0234. The number of rotatable bonds is 7. The van der Waals surface area contributed by atoms with Gasteiger partial charge in [-0.15, -0.1) is 0 Å². The van der Waals surface area contributed by atoms with Crippen LogP contribution in [-0.4, -0.2) is 44.3 Å². The van der Waals surface area contributed by atoms with Crippen molar-refractivity contribution in [2.75, 3.05) is 19.8 Å². The fraction of sp³-hybridized carbons (Fsp3) is 0.348. The zero-order chi connectivity index (χ0) is 25.4. The minimum atomic E-state index is -4.61. The third-order valence-electron chi connectivity index (χ3n) is 5.31. The summed E-state index contributed by atoms with van der Waals surface area (Å²) in [6.45, 7) is 3.38. The molecule has 0 saturated heterocycles. The zero-order valence-corrected chi connectivity index (χ0v) is 19.6. The van der Waals surface area contributed by atoms with Crippen molar-refractivity contribution >= 4 is 26.9 Å². The van der Waals surface area contributed by atoms with Gasteiger partial charge in [0.1, 0.15) is 13.2 Å². The number of carbonyl (C=O) groups excluding carboxylic acids is 1. The Bertz CT molecular complexity index is 1370. The molecule has 1 atom stereocenters. The molecule has 1 aliphatic rings. The van der Waals surface area contributed by atoms with Crippen LogP contribution in [0.1, 0.15) is 25.1 Å². The summed E-state index contributed by atoms with van der Waals surface area (Å²) < 4.78 is 89.4. The normalized spacial score (nSPS) is 14.7. The van der Waals surface area contributed by atoms with Crippen molar-refractivity contribution in [3.8, 4) is 11.5 Å². The number of nitrogens with zero attached hydrogens (tertiary/aromatic N) is 1. The van der Waals surface area contributed by atoms with Crippen LogP contribution in [0, 0.1) is 0 Å². The molecule has 188 valence electrons. The Hall–Kier alpha value is -3.25. The molecule has 0 amide bonds. The maximum Gasteiger partial charge on any atom is 0.416 e. The van der Waals surface area contributed by atoms with Crippen molar-refractivity contribution < 1.29 is 45.3 Å². The quantitative estimate of drug-likeness (QED) is 0.439. The number of hydrogen-bond acceptors (Lipinski definition) is 7. The molecule has 12 heteroatoms. The van der Waals surface area contributed by atoms with E-state index in [0.717, 1.165) is 22.2 Å². The number of halogens is 3. The van der Waals surface area contributed by atoms with E-state index in [2.05, 4.69) is 0 Å². The molecule has 0 N–H and O–H groups in total. The number of esters is 1. The number of hydrogen-bond donors (Lipinski definition) is 0. The van der Waals surface area contributed by atoms with E-state index in [4.69, 9.17) is 18.9 Å². The molecule has 8 nitrogen and oxygen atoms in total. The van der Waals surface area contributed by atoms with Crippen LogP contribution in [0.25, 0.3) is 10.9 Å². The van der Waals surface area contributed by atoms with Gasteiger partial charge in [0.2, 0.25) is 0 Å². The van der Waals surface area contributed by atoms with Crippen LogP contribution in [-0.2, 0) is 37.1 Å². The Balaban J connectivity index is 1.80. The van der Waals surface area contributed by atoms with E-state index < -0.39 is 33.8 Å². The lowest BCUT2D eigenvalue weighted by molar-refractivity contribution is -0.156. The van der Waals surface area contributed by atoms with Gasteiger partial charge in [-0.3, -0.25) is 0 Å². The Morgan fingerprint density at radius 2 is 1.80 bits per heavy atom. The van der Waals surface area contributed by atoms with Crippen molar-refractivity contribution in [1.82, 2.24) is 3.97 Å². The standard InChI is InChI=1S/C23H22F3NO7S/c1-3-31-22(28)14(2)34-13-17-11-15-10-16(23(24,25)26)4-6-19(15)27(17)35(29,30)18-5-7-20-21(12-18)33-9-8-32-20/h4-7,10-12,14H,3,8-9,13H2,1-2H3. The van der Waals surface area contributed by atoms with Crippen LogP contribution in [0.5, 0.6) is 11.5 Å². The molecule has 0 fully saturated rings. The number of carbonyl (C=O) groups is 1. The summed E-state index contributed by atoms with van der Waals surface area (Å²) in [7, 11) is -4.31. The van der Waals surface area contributed by atoms with Gasteiger partial charge in [-0.25, -0.2) is 17.2 Å². The van der Waals surface area contributed by atoms with Crippen molar-refractivity contribution in [2.45, 2.75) is 37.6 Å². The molecule has 4 rings (SSSR count). The molecule has 0 bridgehead atoms. The molecular formula is C23H22F3NO7S. The van der Waals surface area contributed by atoms with Gasteiger partial charge in [0.05, 0.1) is 34.9 Å². The maximum absolute atomic E-state index is 13.7. The van der Waals surface area contributed by atoms with Crippen LogP contribution < -0.4 is 9.47 Å². The van der Waals surface area contributed by atoms with Gasteiger partial charge < -0.3 is 18.9 Å². The van der Waals surface area contributed by atoms with Gasteiger partial charge in [0.25, 0.3) is 10.0 Å². The summed E-state index contributed by atoms with van der Waals surface area (Å²) in [5.41, 5.74) is -0.869. The molecule has 3 aromatic rings. The minimum Gasteiger partial charge on any atom is -0.486 e. The van der Waals surface area contributed by atoms with E-state index in [1.54, 1.807) is 6.92 Å². The first kappa shape index (κ1) is 24.9. The number of fused-ring (bicyclic) bond motifs is 2. The average molecular weight is 513 g/mol. The summed E-state index contributed by atoms with van der Waals surface area (Å²) in [5, 5.41) is 0.0448. The van der Waals surface area contributed by atoms with E-state index in [9.17, 15) is 26.4 Å². The van der Waals surface area contributed by atoms with Gasteiger partial charge in [-0.2, -0.15) is 13.2 Å². The molecule has 1 unspecified atom stereocenters. The summed E-state index contributed by atoms with van der Waals surface area (Å²) in [4.78, 5) is 11.8. The van der Waals surface area contributed by atoms with Gasteiger partial charge in [-0.05, 0) is 50.2 Å². The molecule has 35 heavy (non-hydrogen) atoms. The molecule has 0 spiro atoms. The first-order chi connectivity index (χ1) is 16.5. The predicted octanol–water partition coefficient (Wildman–Crippen LogP) is 4.14. The van der Waals surface area contributed by atoms with Crippen molar-refractivity contribution in [2.24, 2.45) is 0 Å². The molecule has 2 aromatic carbocycles. The first-order valence-electron chi connectivity index (χ1n) is 10.7. The topological polar surface area (TPSA) is 93.1 Å². The van der Waals surface area contributed by atoms with Gasteiger partial charge in [0, 0.05) is 11.5 Å². The van der Waals surface area contributed by atoms with Gasteiger partial charge in [-0.1, -0.05) is 0 Å². The summed E-state index contributed by atoms with van der Waals surface area (Å²) in [6, 6.07) is 8.13. The van der Waals surface area contributed by atoms with Crippen LogP contribution in [0.2, 0.25) is 0 Å². The Morgan fingerprint density at radius 1 is 1.09 bits per heavy atom. The third kappa shape index (κ3) is 4.94. The predicted molar refractivity (Wildman–Crippen MR) is 118 cm³/mol. The lowest BCUT2D eigenvalue weighted by Crippen LogP contribution is -2.24. The first-order valence-corrected chi connectivity index (χ1v) is 12.1. The second-order valence-corrected chi connectivity index (χ2v) is 9.47. The van der Waals surface area contributed by atoms with E-state index >= 15 is 0 Å². The SMILES string of the molecule is CCOC(=O)C(C)OCc1cc2cc(C(F)(F)F)ccc2n1S(=O)(=O)c1ccc2c(c1)OCCO2. The van der Waals surface area contributed by atoms with Gasteiger partial charge >= 0.3 is 12.1 Å². The van der Waals surface area contributed by atoms with Crippen molar-refractivity contribution in [3.05, 3.63) is 53.7 Å². The van der Waals surface area contributed by atoms with Crippen LogP contribution in [0.15, 0.2) is 47.4 Å². The lowest BCUT2D eigenvalue weighted by Gasteiger charge is -2.20. The molecular weight excluding hydrogens is 491 g/mol. The number of benzene rings is 2. The molecule has 0 aliphatic carbocycles. The largest absolute Gasteiger partial charge is 0.486 e. The Morgan fingerprint density at radius 3 is 2.49 bits per heavy atom. The average Bonchev–Trinajstić information content (AvgIpc) is 3.20. The second kappa shape index (κ2) is 9.42. The fourth-order valence-corrected chi connectivity index (χ4v) is 5.18. The number of ether oxygens (including phenoxy) is 4. The Labute approximate surface area is 199 Å². The van der Waals surface area contributed by atoms with E-state index in [1.807, 2.05) is 0 Å². The van der Waals surface area contributed by atoms with Crippen LogP contribution in [0.4, 0.5) is 13.2 Å². The number of alkyl halides is 3. The monoisotopic (exact) mass is 513 g/mol. The van der Waals surface area contributed by atoms with Crippen LogP contribution >= 0.6 is 0 Å². The summed E-state index contributed by atoms with van der Waals surface area (Å²) in [6.07, 6.45) is -5.63. The smallest absolute Gasteiger partial charge is 0.416 e. The van der Waals surface area contributed by atoms with E-state index in [-0.39, 0.29) is 47.1 Å². The molecule has 1 aliphatic heterocycles. The third-order valence-corrected chi connectivity index (χ3v) is 7.07. The van der Waals surface area contributed by atoms with Crippen LogP contribution in [0.3, 0.4) is 0 Å². The van der Waals surface area contributed by atoms with Crippen molar-refractivity contribution in [3.63, 3.8) is 0 Å². The molecule has 0 radical (unpaired) electrons. The van der Waals surface area contributed by atoms with E-state index in [1.165, 1.54) is 31.2 Å². The van der Waals surface area contributed by atoms with Gasteiger partial charge in [0.15, 0.2) is 17.6 Å². The highest BCUT2D eigenvalue weighted by Crippen LogP contribution is 2.36. The fourth-order valence-electron chi connectivity index (χ4n) is 3.64. The molecule has 1 aromatic heterocycles. The highest BCUT2D eigenvalue weighted by atomic mass is 32.2. The number of aromatic nitrogens is 1. The van der Waals surface area contributed by atoms with E-state index in [0.29, 0.717) is 12.4 Å². The summed E-state index contributed by atoms with van der Waals surface area (Å²) in [5.74, 6) is -0.0275. The highest BCUT2D eigenvalue weighted by Gasteiger charge is 2.32. The highest BCUT2D eigenvalue weighted by molar-refractivity contribution is 7.90.